The molecule has 10 heteroatoms. The van der Waals surface area contributed by atoms with E-state index in [1.165, 1.54) is 23.2 Å². The zero-order valence-electron chi connectivity index (χ0n) is 16.7. The van der Waals surface area contributed by atoms with Crippen LogP contribution < -0.4 is 10.9 Å². The normalized spacial score (nSPS) is 21.4. The Morgan fingerprint density at radius 2 is 1.83 bits per heavy atom. The average Bonchev–Trinajstić information content (AvgIpc) is 3.36. The van der Waals surface area contributed by atoms with Crippen LogP contribution in [0.25, 0.3) is 10.6 Å². The largest absolute Gasteiger partial charge is 0.352 e. The number of amides is 1. The molecule has 1 aliphatic carbocycles. The van der Waals surface area contributed by atoms with Crippen LogP contribution in [0.3, 0.4) is 0 Å². The molecule has 1 unspecified atom stereocenters. The third-order valence-electron chi connectivity index (χ3n) is 5.78. The quantitative estimate of drug-likeness (QED) is 0.680. The van der Waals surface area contributed by atoms with Crippen LogP contribution in [-0.2, 0) is 14.8 Å². The van der Waals surface area contributed by atoms with E-state index in [-0.39, 0.29) is 21.7 Å². The van der Waals surface area contributed by atoms with E-state index in [9.17, 15) is 18.0 Å². The van der Waals surface area contributed by atoms with Crippen molar-refractivity contribution in [1.82, 2.24) is 19.8 Å². The minimum absolute atomic E-state index is 0.143. The molecule has 1 aliphatic heterocycles. The Kier molecular flexibility index (Phi) is 6.35. The van der Waals surface area contributed by atoms with Gasteiger partial charge in [-0.1, -0.05) is 25.7 Å². The summed E-state index contributed by atoms with van der Waals surface area (Å²) >= 11 is 1.09. The van der Waals surface area contributed by atoms with Gasteiger partial charge in [-0.2, -0.15) is 9.40 Å². The standard InChI is InChI=1S/C20H26N4O4S2/c25-18-11-9-15(22-23-18)17-10-12-19(29-17)30(27,28)24-13-5-8-16(24)20(26)21-14-6-3-1-2-4-7-14/h9-12,14,16H,1-8,13H2,(H,21,26)(H,23,25). The molecule has 0 bridgehead atoms. The molecule has 8 nitrogen and oxygen atoms in total. The lowest BCUT2D eigenvalue weighted by atomic mass is 10.1. The SMILES string of the molecule is O=C(NC1CCCCCC1)C1CCCN1S(=O)(=O)c1ccc(-c2ccc(=O)[nH]n2)s1. The molecule has 1 atom stereocenters. The molecule has 4 rings (SSSR count). The third-order valence-corrected chi connectivity index (χ3v) is 9.27. The van der Waals surface area contributed by atoms with E-state index in [0.29, 0.717) is 30.0 Å². The van der Waals surface area contributed by atoms with Crippen molar-refractivity contribution >= 4 is 27.3 Å². The predicted molar refractivity (Wildman–Crippen MR) is 115 cm³/mol. The molecule has 0 spiro atoms. The highest BCUT2D eigenvalue weighted by molar-refractivity contribution is 7.91. The average molecular weight is 451 g/mol. The van der Waals surface area contributed by atoms with Gasteiger partial charge < -0.3 is 5.32 Å². The van der Waals surface area contributed by atoms with Crippen molar-refractivity contribution in [3.63, 3.8) is 0 Å². The Morgan fingerprint density at radius 1 is 1.07 bits per heavy atom. The van der Waals surface area contributed by atoms with Crippen LogP contribution in [0.5, 0.6) is 0 Å². The molecule has 1 saturated carbocycles. The van der Waals surface area contributed by atoms with E-state index in [0.717, 1.165) is 37.0 Å². The van der Waals surface area contributed by atoms with Gasteiger partial charge in [0.2, 0.25) is 5.91 Å². The van der Waals surface area contributed by atoms with Crippen LogP contribution in [0.4, 0.5) is 0 Å². The van der Waals surface area contributed by atoms with E-state index in [1.54, 1.807) is 18.2 Å². The second-order valence-electron chi connectivity index (χ2n) is 7.90. The Balaban J connectivity index is 1.50. The molecule has 30 heavy (non-hydrogen) atoms. The van der Waals surface area contributed by atoms with Crippen LogP contribution in [0.2, 0.25) is 0 Å². The Bertz CT molecular complexity index is 1030. The summed E-state index contributed by atoms with van der Waals surface area (Å²) in [5.74, 6) is -0.179. The van der Waals surface area contributed by atoms with Crippen molar-refractivity contribution in [3.8, 4) is 10.6 Å². The van der Waals surface area contributed by atoms with Crippen LogP contribution >= 0.6 is 11.3 Å². The maximum Gasteiger partial charge on any atom is 0.264 e. The minimum atomic E-state index is -3.78. The summed E-state index contributed by atoms with van der Waals surface area (Å²) in [7, 11) is -3.78. The number of thiophene rings is 1. The molecule has 1 saturated heterocycles. The first kappa shape index (κ1) is 21.2. The molecule has 0 radical (unpaired) electrons. The molecule has 3 heterocycles. The molecule has 2 aliphatic rings. The first-order valence-corrected chi connectivity index (χ1v) is 12.7. The molecule has 2 fully saturated rings. The Hall–Kier alpha value is -2.04. The van der Waals surface area contributed by atoms with Crippen molar-refractivity contribution in [2.45, 2.75) is 67.7 Å². The molecule has 0 aromatic carbocycles. The van der Waals surface area contributed by atoms with Gasteiger partial charge >= 0.3 is 0 Å². The zero-order valence-corrected chi connectivity index (χ0v) is 18.3. The number of nitrogens with zero attached hydrogens (tertiary/aromatic N) is 2. The number of nitrogens with one attached hydrogen (secondary N) is 2. The van der Waals surface area contributed by atoms with Crippen LogP contribution in [0.1, 0.15) is 51.4 Å². The van der Waals surface area contributed by atoms with Crippen LogP contribution in [-0.4, -0.2) is 47.5 Å². The third kappa shape index (κ3) is 4.50. The van der Waals surface area contributed by atoms with Gasteiger partial charge in [0.25, 0.3) is 15.6 Å². The molecule has 2 aromatic rings. The first-order valence-electron chi connectivity index (χ1n) is 10.4. The van der Waals surface area contributed by atoms with Crippen LogP contribution in [0.15, 0.2) is 33.3 Å². The molecule has 1 amide bonds. The number of aromatic nitrogens is 2. The van der Waals surface area contributed by atoms with Crippen molar-refractivity contribution in [2.75, 3.05) is 6.54 Å². The van der Waals surface area contributed by atoms with Gasteiger partial charge in [-0.15, -0.1) is 11.3 Å². The van der Waals surface area contributed by atoms with E-state index in [1.807, 2.05) is 0 Å². The summed E-state index contributed by atoms with van der Waals surface area (Å²) in [6, 6.07) is 5.61. The Labute approximate surface area is 179 Å². The van der Waals surface area contributed by atoms with Gasteiger partial charge in [0, 0.05) is 18.7 Å². The number of H-pyrrole nitrogens is 1. The monoisotopic (exact) mass is 450 g/mol. The maximum atomic E-state index is 13.3. The van der Waals surface area contributed by atoms with Crippen molar-refractivity contribution in [1.29, 1.82) is 0 Å². The fraction of sp³-hybridized carbons (Fsp3) is 0.550. The van der Waals surface area contributed by atoms with Gasteiger partial charge in [-0.05, 0) is 43.9 Å². The summed E-state index contributed by atoms with van der Waals surface area (Å²) < 4.78 is 28.1. The molecule has 162 valence electrons. The lowest BCUT2D eigenvalue weighted by molar-refractivity contribution is -0.125. The van der Waals surface area contributed by atoms with Crippen molar-refractivity contribution < 1.29 is 13.2 Å². The highest BCUT2D eigenvalue weighted by Gasteiger charge is 2.40. The maximum absolute atomic E-state index is 13.3. The van der Waals surface area contributed by atoms with E-state index >= 15 is 0 Å². The van der Waals surface area contributed by atoms with Crippen molar-refractivity contribution in [3.05, 3.63) is 34.6 Å². The van der Waals surface area contributed by atoms with Crippen LogP contribution in [0, 0.1) is 0 Å². The first-order chi connectivity index (χ1) is 14.4. The lowest BCUT2D eigenvalue weighted by Gasteiger charge is -2.25. The highest BCUT2D eigenvalue weighted by Crippen LogP contribution is 2.34. The molecule has 2 N–H and O–H groups in total. The summed E-state index contributed by atoms with van der Waals surface area (Å²) in [5, 5.41) is 9.42. The topological polar surface area (TPSA) is 112 Å². The fourth-order valence-electron chi connectivity index (χ4n) is 4.20. The van der Waals surface area contributed by atoms with Gasteiger partial charge in [-0.25, -0.2) is 13.5 Å². The van der Waals surface area contributed by atoms with E-state index in [4.69, 9.17) is 0 Å². The fourth-order valence-corrected chi connectivity index (χ4v) is 7.27. The highest BCUT2D eigenvalue weighted by atomic mass is 32.2. The molecular weight excluding hydrogens is 424 g/mol. The summed E-state index contributed by atoms with van der Waals surface area (Å²) in [5.41, 5.74) is 0.188. The summed E-state index contributed by atoms with van der Waals surface area (Å²) in [6.45, 7) is 0.342. The van der Waals surface area contributed by atoms with Gasteiger partial charge in [-0.3, -0.25) is 9.59 Å². The molecule has 2 aromatic heterocycles. The second-order valence-corrected chi connectivity index (χ2v) is 11.1. The van der Waals surface area contributed by atoms with Gasteiger partial charge in [0.05, 0.1) is 4.88 Å². The van der Waals surface area contributed by atoms with E-state index in [2.05, 4.69) is 15.5 Å². The zero-order chi connectivity index (χ0) is 21.1. The summed E-state index contributed by atoms with van der Waals surface area (Å²) in [4.78, 5) is 24.8. The van der Waals surface area contributed by atoms with Gasteiger partial charge in [0.15, 0.2) is 0 Å². The number of carbonyl (C=O) groups excluding carboxylic acids is 1. The smallest absolute Gasteiger partial charge is 0.264 e. The number of sulfonamides is 1. The number of rotatable bonds is 5. The van der Waals surface area contributed by atoms with Crippen molar-refractivity contribution in [2.24, 2.45) is 0 Å². The Morgan fingerprint density at radius 3 is 2.53 bits per heavy atom. The molecular formula is C20H26N4O4S2. The second kappa shape index (κ2) is 8.99. The minimum Gasteiger partial charge on any atom is -0.352 e. The number of carbonyl (C=O) groups is 1. The lowest BCUT2D eigenvalue weighted by Crippen LogP contribution is -2.48. The number of hydrogen-bond acceptors (Lipinski definition) is 6. The summed E-state index contributed by atoms with van der Waals surface area (Å²) in [6.07, 6.45) is 7.74. The predicted octanol–water partition coefficient (Wildman–Crippen LogP) is 2.49. The number of hydrogen-bond donors (Lipinski definition) is 2. The van der Waals surface area contributed by atoms with E-state index < -0.39 is 16.1 Å². The number of aromatic amines is 1. The van der Waals surface area contributed by atoms with Gasteiger partial charge in [0.1, 0.15) is 15.9 Å².